The lowest BCUT2D eigenvalue weighted by atomic mass is 10.1. The van der Waals surface area contributed by atoms with Gasteiger partial charge in [-0.05, 0) is 46.9 Å². The Morgan fingerprint density at radius 3 is 2.34 bits per heavy atom. The second-order valence-corrected chi connectivity index (χ2v) is 8.26. The average molecular weight is 449 g/mol. The van der Waals surface area contributed by atoms with E-state index < -0.39 is 35.4 Å². The summed E-state index contributed by atoms with van der Waals surface area (Å²) in [6, 6.07) is 4.72. The highest BCUT2D eigenvalue weighted by Gasteiger charge is 2.29. The summed E-state index contributed by atoms with van der Waals surface area (Å²) >= 11 is 12.0. The Balaban J connectivity index is 3.21. The van der Waals surface area contributed by atoms with Crippen molar-refractivity contribution in [2.24, 2.45) is 0 Å². The molecule has 1 amide bonds. The van der Waals surface area contributed by atoms with Crippen LogP contribution in [0, 0.1) is 0 Å². The van der Waals surface area contributed by atoms with Gasteiger partial charge in [-0.3, -0.25) is 19.8 Å². The van der Waals surface area contributed by atoms with Gasteiger partial charge in [0.1, 0.15) is 5.60 Å². The Morgan fingerprint density at radius 1 is 1.21 bits per heavy atom. The number of alkyl halides is 1. The molecule has 1 N–H and O–H groups in total. The maximum atomic E-state index is 12.2. The van der Waals surface area contributed by atoms with Gasteiger partial charge in [-0.15, -0.1) is 0 Å². The molecule has 29 heavy (non-hydrogen) atoms. The number of amides is 1. The van der Waals surface area contributed by atoms with Gasteiger partial charge in [-0.25, -0.2) is 4.79 Å². The Bertz CT molecular complexity index is 749. The van der Waals surface area contributed by atoms with Crippen molar-refractivity contribution in [2.75, 3.05) is 18.9 Å². The number of rotatable bonds is 7. The van der Waals surface area contributed by atoms with Gasteiger partial charge in [0.25, 0.3) is 0 Å². The van der Waals surface area contributed by atoms with Crippen LogP contribution in [0.4, 0.5) is 10.5 Å². The van der Waals surface area contributed by atoms with Gasteiger partial charge in [0.2, 0.25) is 0 Å². The molecule has 1 aromatic rings. The number of benzene rings is 1. The van der Waals surface area contributed by atoms with Crippen molar-refractivity contribution < 1.29 is 28.6 Å². The van der Waals surface area contributed by atoms with Crippen molar-refractivity contribution in [2.45, 2.75) is 52.0 Å². The third-order valence-electron chi connectivity index (χ3n) is 3.28. The quantitative estimate of drug-likeness (QED) is 0.287. The number of nitrogens with one attached hydrogen (secondary N) is 1. The van der Waals surface area contributed by atoms with Crippen LogP contribution in [0.3, 0.4) is 0 Å². The van der Waals surface area contributed by atoms with E-state index in [1.54, 1.807) is 46.0 Å². The second-order valence-electron chi connectivity index (χ2n) is 7.24. The summed E-state index contributed by atoms with van der Waals surface area (Å²) in [7, 11) is 1.56. The molecule has 0 aliphatic carbocycles. The molecule has 2 unspecified atom stereocenters. The van der Waals surface area contributed by atoms with E-state index in [0.717, 1.165) is 0 Å². The van der Waals surface area contributed by atoms with Crippen molar-refractivity contribution in [1.29, 1.82) is 0 Å². The number of hydrogen-bond donors (Lipinski definition) is 1. The zero-order chi connectivity index (χ0) is 22.4. The van der Waals surface area contributed by atoms with Crippen LogP contribution < -0.4 is 5.32 Å². The highest BCUT2D eigenvalue weighted by molar-refractivity contribution is 6.32. The van der Waals surface area contributed by atoms with E-state index in [1.807, 2.05) is 0 Å². The minimum Gasteiger partial charge on any atom is -0.459 e. The molecule has 0 aliphatic rings. The standard InChI is InChI=1S/C19H26Cl2N2O6/c1-11(20)27-18(26)22-14-9-7-8-13(21)16(14)17(28-12(2)24)23(6)10-15(25)29-19(3,4)5/h7-9,11,17H,10H2,1-6H3,(H,22,26). The van der Waals surface area contributed by atoms with Crippen molar-refractivity contribution in [3.05, 3.63) is 28.8 Å². The number of anilines is 1. The van der Waals surface area contributed by atoms with Crippen LogP contribution in [-0.4, -0.2) is 47.7 Å². The molecule has 2 atom stereocenters. The molecule has 0 radical (unpaired) electrons. The molecule has 10 heteroatoms. The maximum absolute atomic E-state index is 12.2. The van der Waals surface area contributed by atoms with Gasteiger partial charge in [-0.1, -0.05) is 29.3 Å². The van der Waals surface area contributed by atoms with Gasteiger partial charge >= 0.3 is 18.0 Å². The van der Waals surface area contributed by atoms with Gasteiger partial charge in [-0.2, -0.15) is 0 Å². The molecule has 0 saturated carbocycles. The zero-order valence-electron chi connectivity index (χ0n) is 17.2. The number of carbonyl (C=O) groups is 3. The Labute approximate surface area is 180 Å². The van der Waals surface area contributed by atoms with Gasteiger partial charge in [0.05, 0.1) is 22.8 Å². The van der Waals surface area contributed by atoms with Crippen LogP contribution in [0.2, 0.25) is 5.02 Å². The van der Waals surface area contributed by atoms with Crippen LogP contribution in [0.25, 0.3) is 0 Å². The zero-order valence-corrected chi connectivity index (χ0v) is 18.8. The van der Waals surface area contributed by atoms with Crippen molar-refractivity contribution >= 4 is 46.9 Å². The number of hydrogen-bond acceptors (Lipinski definition) is 7. The number of halogens is 2. The predicted octanol–water partition coefficient (Wildman–Crippen LogP) is 4.31. The lowest BCUT2D eigenvalue weighted by Crippen LogP contribution is -2.37. The maximum Gasteiger partial charge on any atom is 0.413 e. The van der Waals surface area contributed by atoms with Crippen molar-refractivity contribution in [1.82, 2.24) is 4.90 Å². The lowest BCUT2D eigenvalue weighted by Gasteiger charge is -2.30. The summed E-state index contributed by atoms with van der Waals surface area (Å²) in [6.45, 7) is 7.75. The first-order valence-corrected chi connectivity index (χ1v) is 9.61. The minimum absolute atomic E-state index is 0.191. The highest BCUT2D eigenvalue weighted by Crippen LogP contribution is 2.34. The number of nitrogens with zero attached hydrogens (tertiary/aromatic N) is 1. The smallest absolute Gasteiger partial charge is 0.413 e. The van der Waals surface area contributed by atoms with Gasteiger partial charge in [0.15, 0.2) is 11.8 Å². The van der Waals surface area contributed by atoms with Gasteiger partial charge < -0.3 is 14.2 Å². The largest absolute Gasteiger partial charge is 0.459 e. The lowest BCUT2D eigenvalue weighted by molar-refractivity contribution is -0.166. The normalized spacial score (nSPS) is 13.4. The molecule has 0 aromatic heterocycles. The molecule has 1 aromatic carbocycles. The third-order valence-corrected chi connectivity index (χ3v) is 3.70. The van der Waals surface area contributed by atoms with Crippen LogP contribution in [0.15, 0.2) is 18.2 Å². The molecule has 0 saturated heterocycles. The molecule has 8 nitrogen and oxygen atoms in total. The SMILES string of the molecule is CC(=O)OC(c1c(Cl)cccc1NC(=O)OC(C)Cl)N(C)CC(=O)OC(C)(C)C. The Hall–Kier alpha value is -2.03. The van der Waals surface area contributed by atoms with Crippen LogP contribution >= 0.6 is 23.2 Å². The minimum atomic E-state index is -1.07. The summed E-state index contributed by atoms with van der Waals surface area (Å²) in [6.07, 6.45) is -1.88. The fourth-order valence-electron chi connectivity index (χ4n) is 2.37. The molecular weight excluding hydrogens is 423 g/mol. The van der Waals surface area contributed by atoms with E-state index in [-0.39, 0.29) is 22.8 Å². The van der Waals surface area contributed by atoms with Gasteiger partial charge in [0, 0.05) is 6.92 Å². The molecule has 0 heterocycles. The Kier molecular flexibility index (Phi) is 9.19. The first kappa shape index (κ1) is 25.0. The van der Waals surface area contributed by atoms with E-state index in [9.17, 15) is 14.4 Å². The summed E-state index contributed by atoms with van der Waals surface area (Å²) in [5.74, 6) is -1.12. The monoisotopic (exact) mass is 448 g/mol. The van der Waals surface area contributed by atoms with E-state index in [4.69, 9.17) is 37.4 Å². The first-order valence-electron chi connectivity index (χ1n) is 8.79. The van der Waals surface area contributed by atoms with Crippen molar-refractivity contribution in [3.63, 3.8) is 0 Å². The first-order chi connectivity index (χ1) is 13.3. The molecule has 162 valence electrons. The van der Waals surface area contributed by atoms with Crippen LogP contribution in [0.1, 0.15) is 46.4 Å². The fraction of sp³-hybridized carbons (Fsp3) is 0.526. The molecule has 0 spiro atoms. The van der Waals surface area contributed by atoms with E-state index in [2.05, 4.69) is 5.32 Å². The number of carbonyl (C=O) groups excluding carboxylic acids is 3. The Morgan fingerprint density at radius 2 is 1.83 bits per heavy atom. The predicted molar refractivity (Wildman–Crippen MR) is 110 cm³/mol. The molecule has 0 fully saturated rings. The summed E-state index contributed by atoms with van der Waals surface area (Å²) in [5, 5.41) is 2.73. The summed E-state index contributed by atoms with van der Waals surface area (Å²) in [5.41, 5.74) is -1.01. The van der Waals surface area contributed by atoms with E-state index in [0.29, 0.717) is 0 Å². The second kappa shape index (κ2) is 10.7. The average Bonchev–Trinajstić information content (AvgIpc) is 2.50. The van der Waals surface area contributed by atoms with Crippen LogP contribution in [-0.2, 0) is 23.8 Å². The third kappa shape index (κ3) is 8.89. The van der Waals surface area contributed by atoms with E-state index >= 15 is 0 Å². The fourth-order valence-corrected chi connectivity index (χ4v) is 2.72. The summed E-state index contributed by atoms with van der Waals surface area (Å²) in [4.78, 5) is 37.3. The number of ether oxygens (including phenoxy) is 3. The molecular formula is C19H26Cl2N2O6. The van der Waals surface area contributed by atoms with Crippen LogP contribution in [0.5, 0.6) is 0 Å². The molecule has 0 aliphatic heterocycles. The summed E-state index contributed by atoms with van der Waals surface area (Å²) < 4.78 is 15.6. The number of likely N-dealkylation sites (N-methyl/N-ethyl adjacent to an activating group) is 1. The molecule has 1 rings (SSSR count). The van der Waals surface area contributed by atoms with E-state index in [1.165, 1.54) is 18.7 Å². The topological polar surface area (TPSA) is 94.2 Å². The molecule has 0 bridgehead atoms. The van der Waals surface area contributed by atoms with Crippen molar-refractivity contribution in [3.8, 4) is 0 Å². The highest BCUT2D eigenvalue weighted by atomic mass is 35.5. The number of esters is 2.